The van der Waals surface area contributed by atoms with Gasteiger partial charge in [0.1, 0.15) is 0 Å². The molecule has 0 aliphatic rings. The van der Waals surface area contributed by atoms with E-state index in [4.69, 9.17) is 5.73 Å². The minimum absolute atomic E-state index is 0.0614. The van der Waals surface area contributed by atoms with Crippen molar-refractivity contribution in [2.24, 2.45) is 5.73 Å². The summed E-state index contributed by atoms with van der Waals surface area (Å²) in [5.74, 6) is -0.0614. The Hall–Kier alpha value is -0.820. The molecular formula is C14H15BrN2OS2. The van der Waals surface area contributed by atoms with E-state index in [-0.39, 0.29) is 11.2 Å². The molecule has 2 aromatic rings. The first kappa shape index (κ1) is 15.6. The van der Waals surface area contributed by atoms with E-state index < -0.39 is 0 Å². The van der Waals surface area contributed by atoms with Crippen LogP contribution in [0.3, 0.4) is 0 Å². The molecular weight excluding hydrogens is 356 g/mol. The summed E-state index contributed by atoms with van der Waals surface area (Å²) in [6.07, 6.45) is 0. The zero-order valence-electron chi connectivity index (χ0n) is 10.9. The van der Waals surface area contributed by atoms with Gasteiger partial charge in [0.15, 0.2) is 0 Å². The summed E-state index contributed by atoms with van der Waals surface area (Å²) in [4.78, 5) is 13.4. The molecule has 3 N–H and O–H groups in total. The lowest BCUT2D eigenvalue weighted by Crippen LogP contribution is -2.08. The van der Waals surface area contributed by atoms with Crippen LogP contribution in [0, 0.1) is 0 Å². The Morgan fingerprint density at radius 3 is 2.65 bits per heavy atom. The minimum atomic E-state index is -0.0614. The first-order valence-electron chi connectivity index (χ1n) is 6.07. The van der Waals surface area contributed by atoms with Crippen molar-refractivity contribution in [1.29, 1.82) is 0 Å². The second kappa shape index (κ2) is 7.26. The van der Waals surface area contributed by atoms with Gasteiger partial charge in [-0.3, -0.25) is 4.79 Å². The Kier molecular flexibility index (Phi) is 5.65. The fourth-order valence-electron chi connectivity index (χ4n) is 1.70. The fraction of sp³-hybridized carbons (Fsp3) is 0.214. The molecule has 1 amide bonds. The summed E-state index contributed by atoms with van der Waals surface area (Å²) in [5.41, 5.74) is 6.68. The number of amides is 1. The third-order valence-corrected chi connectivity index (χ3v) is 5.80. The van der Waals surface area contributed by atoms with Gasteiger partial charge in [-0.25, -0.2) is 0 Å². The maximum Gasteiger partial charge on any atom is 0.221 e. The Labute approximate surface area is 135 Å². The van der Waals surface area contributed by atoms with Gasteiger partial charge in [0.05, 0.1) is 5.25 Å². The molecule has 3 nitrogen and oxygen atoms in total. The van der Waals surface area contributed by atoms with Crippen molar-refractivity contribution in [2.75, 3.05) is 11.9 Å². The van der Waals surface area contributed by atoms with Gasteiger partial charge < -0.3 is 11.1 Å². The molecule has 1 aromatic heterocycles. The highest BCUT2D eigenvalue weighted by molar-refractivity contribution is 9.10. The zero-order valence-corrected chi connectivity index (χ0v) is 14.1. The van der Waals surface area contributed by atoms with Crippen LogP contribution in [0.2, 0.25) is 0 Å². The summed E-state index contributed by atoms with van der Waals surface area (Å²) in [6.45, 7) is 2.09. The third kappa shape index (κ3) is 4.34. The van der Waals surface area contributed by atoms with Crippen molar-refractivity contribution in [3.8, 4) is 0 Å². The topological polar surface area (TPSA) is 55.1 Å². The minimum Gasteiger partial charge on any atom is -0.329 e. The average Bonchev–Trinajstić information content (AvgIpc) is 2.84. The largest absolute Gasteiger partial charge is 0.329 e. The number of carbonyl (C=O) groups excluding carboxylic acids is 1. The highest BCUT2D eigenvalue weighted by atomic mass is 79.9. The molecule has 0 saturated carbocycles. The molecule has 2 rings (SSSR count). The van der Waals surface area contributed by atoms with Crippen molar-refractivity contribution >= 4 is 50.6 Å². The van der Waals surface area contributed by atoms with E-state index in [0.29, 0.717) is 6.54 Å². The molecule has 0 aliphatic carbocycles. The standard InChI is InChI=1S/C14H15BrN2OS2/c1-9(18)17-11-2-4-12(5-3-11)20-14(7-16)13-6-10(15)8-19-13/h2-6,8,14H,7,16H2,1H3,(H,17,18). The van der Waals surface area contributed by atoms with Crippen LogP contribution in [-0.2, 0) is 4.79 Å². The molecule has 0 fully saturated rings. The smallest absolute Gasteiger partial charge is 0.221 e. The van der Waals surface area contributed by atoms with Crippen LogP contribution in [-0.4, -0.2) is 12.5 Å². The Morgan fingerprint density at radius 1 is 1.45 bits per heavy atom. The predicted molar refractivity (Wildman–Crippen MR) is 90.4 cm³/mol. The summed E-state index contributed by atoms with van der Waals surface area (Å²) in [5, 5.41) is 5.07. The molecule has 20 heavy (non-hydrogen) atoms. The van der Waals surface area contributed by atoms with E-state index in [1.807, 2.05) is 24.3 Å². The molecule has 0 spiro atoms. The van der Waals surface area contributed by atoms with E-state index in [0.717, 1.165) is 15.1 Å². The van der Waals surface area contributed by atoms with Crippen molar-refractivity contribution in [3.63, 3.8) is 0 Å². The molecule has 0 aliphatic heterocycles. The quantitative estimate of drug-likeness (QED) is 0.772. The zero-order chi connectivity index (χ0) is 14.5. The maximum atomic E-state index is 11.0. The summed E-state index contributed by atoms with van der Waals surface area (Å²) < 4.78 is 1.09. The number of carbonyl (C=O) groups is 1. The first-order valence-corrected chi connectivity index (χ1v) is 8.62. The van der Waals surface area contributed by atoms with E-state index in [9.17, 15) is 4.79 Å². The van der Waals surface area contributed by atoms with Gasteiger partial charge in [0, 0.05) is 38.8 Å². The number of thiophene rings is 1. The number of halogens is 1. The molecule has 1 atom stereocenters. The van der Waals surface area contributed by atoms with Crippen molar-refractivity contribution < 1.29 is 4.79 Å². The van der Waals surface area contributed by atoms with Crippen LogP contribution in [0.1, 0.15) is 17.1 Å². The predicted octanol–water partition coefficient (Wildman–Crippen LogP) is 4.26. The number of anilines is 1. The highest BCUT2D eigenvalue weighted by Gasteiger charge is 2.13. The van der Waals surface area contributed by atoms with Gasteiger partial charge in [-0.05, 0) is 46.3 Å². The van der Waals surface area contributed by atoms with E-state index in [1.54, 1.807) is 23.1 Å². The first-order chi connectivity index (χ1) is 9.58. The van der Waals surface area contributed by atoms with Gasteiger partial charge in [0.25, 0.3) is 0 Å². The van der Waals surface area contributed by atoms with Crippen molar-refractivity contribution in [3.05, 3.63) is 45.1 Å². The molecule has 0 bridgehead atoms. The second-order valence-electron chi connectivity index (χ2n) is 4.22. The van der Waals surface area contributed by atoms with Gasteiger partial charge in [0.2, 0.25) is 5.91 Å². The Bertz CT molecular complexity index is 583. The number of nitrogens with two attached hydrogens (primary N) is 1. The normalized spacial score (nSPS) is 12.2. The molecule has 1 aromatic carbocycles. The van der Waals surface area contributed by atoms with Crippen molar-refractivity contribution in [1.82, 2.24) is 0 Å². The fourth-order valence-corrected chi connectivity index (χ4v) is 4.36. The molecule has 1 heterocycles. The van der Waals surface area contributed by atoms with Crippen LogP contribution < -0.4 is 11.1 Å². The average molecular weight is 371 g/mol. The van der Waals surface area contributed by atoms with Gasteiger partial charge in [-0.1, -0.05) is 0 Å². The number of nitrogens with one attached hydrogen (secondary N) is 1. The monoisotopic (exact) mass is 370 g/mol. The van der Waals surface area contributed by atoms with E-state index in [1.165, 1.54) is 11.8 Å². The van der Waals surface area contributed by atoms with Crippen LogP contribution in [0.15, 0.2) is 45.1 Å². The molecule has 1 unspecified atom stereocenters. The third-order valence-electron chi connectivity index (χ3n) is 2.57. The summed E-state index contributed by atoms with van der Waals surface area (Å²) in [7, 11) is 0. The molecule has 106 valence electrons. The molecule has 0 saturated heterocycles. The lowest BCUT2D eigenvalue weighted by atomic mass is 10.3. The van der Waals surface area contributed by atoms with Crippen LogP contribution in [0.5, 0.6) is 0 Å². The second-order valence-corrected chi connectivity index (χ2v) is 7.35. The number of hydrogen-bond acceptors (Lipinski definition) is 4. The summed E-state index contributed by atoms with van der Waals surface area (Å²) in [6, 6.07) is 9.92. The summed E-state index contributed by atoms with van der Waals surface area (Å²) >= 11 is 6.91. The number of hydrogen-bond donors (Lipinski definition) is 2. The van der Waals surface area contributed by atoms with Crippen LogP contribution in [0.25, 0.3) is 0 Å². The lowest BCUT2D eigenvalue weighted by Gasteiger charge is -2.13. The van der Waals surface area contributed by atoms with Gasteiger partial charge in [-0.2, -0.15) is 0 Å². The lowest BCUT2D eigenvalue weighted by molar-refractivity contribution is -0.114. The van der Waals surface area contributed by atoms with E-state index >= 15 is 0 Å². The van der Waals surface area contributed by atoms with Gasteiger partial charge >= 0.3 is 0 Å². The number of rotatable bonds is 5. The number of thioether (sulfide) groups is 1. The molecule has 0 radical (unpaired) electrons. The van der Waals surface area contributed by atoms with Crippen LogP contribution in [0.4, 0.5) is 5.69 Å². The SMILES string of the molecule is CC(=O)Nc1ccc(SC(CN)c2cc(Br)cs2)cc1. The Balaban J connectivity index is 2.06. The van der Waals surface area contributed by atoms with E-state index in [2.05, 4.69) is 32.7 Å². The maximum absolute atomic E-state index is 11.0. The molecule has 6 heteroatoms. The highest BCUT2D eigenvalue weighted by Crippen LogP contribution is 2.38. The Morgan fingerprint density at radius 2 is 2.15 bits per heavy atom. The van der Waals surface area contributed by atoms with Crippen molar-refractivity contribution in [2.45, 2.75) is 17.1 Å². The number of benzene rings is 1. The van der Waals surface area contributed by atoms with Gasteiger partial charge in [-0.15, -0.1) is 23.1 Å². The van der Waals surface area contributed by atoms with Crippen LogP contribution >= 0.6 is 39.0 Å².